The van der Waals surface area contributed by atoms with Crippen molar-refractivity contribution >= 4 is 0 Å². The molecule has 3 heteroatoms. The smallest absolute Gasteiger partial charge is 0.0278 e. The van der Waals surface area contributed by atoms with Crippen molar-refractivity contribution in [1.82, 2.24) is 15.1 Å². The van der Waals surface area contributed by atoms with E-state index in [-0.39, 0.29) is 0 Å². The van der Waals surface area contributed by atoms with E-state index in [0.29, 0.717) is 10.8 Å². The molecule has 1 N–H and O–H groups in total. The van der Waals surface area contributed by atoms with Crippen LogP contribution in [0, 0.1) is 46.3 Å². The second-order valence-corrected chi connectivity index (χ2v) is 13.8. The van der Waals surface area contributed by atoms with Crippen LogP contribution in [0.2, 0.25) is 0 Å². The first-order chi connectivity index (χ1) is 14.5. The molecule has 0 spiro atoms. The lowest BCUT2D eigenvalue weighted by Crippen LogP contribution is -2.64. The lowest BCUT2D eigenvalue weighted by molar-refractivity contribution is -0.0925. The summed E-state index contributed by atoms with van der Waals surface area (Å²) in [6.07, 6.45) is 13.6. The Hall–Kier alpha value is -0.120. The van der Waals surface area contributed by atoms with Crippen LogP contribution in [0.4, 0.5) is 0 Å². The molecule has 4 saturated heterocycles. The maximum atomic E-state index is 4.07. The van der Waals surface area contributed by atoms with Crippen LogP contribution >= 0.6 is 0 Å². The Balaban J connectivity index is 1.12. The number of likely N-dealkylation sites (tertiary alicyclic amines) is 2. The summed E-state index contributed by atoms with van der Waals surface area (Å²) in [5, 5.41) is 4.07. The molecule has 0 aromatic rings. The summed E-state index contributed by atoms with van der Waals surface area (Å²) in [6.45, 7) is 13.8. The quantitative estimate of drug-likeness (QED) is 0.750. The van der Waals surface area contributed by atoms with Gasteiger partial charge in [0.15, 0.2) is 0 Å². The van der Waals surface area contributed by atoms with E-state index in [1.165, 1.54) is 84.2 Å². The third-order valence-electron chi connectivity index (χ3n) is 12.1. The zero-order chi connectivity index (χ0) is 20.1. The van der Waals surface area contributed by atoms with Crippen molar-refractivity contribution in [2.45, 2.75) is 83.7 Å². The molecule has 3 nitrogen and oxygen atoms in total. The van der Waals surface area contributed by atoms with Gasteiger partial charge in [-0.05, 0) is 111 Å². The minimum absolute atomic E-state index is 0.524. The van der Waals surface area contributed by atoms with Crippen LogP contribution in [0.25, 0.3) is 0 Å². The number of hydrogen-bond acceptors (Lipinski definition) is 3. The second kappa shape index (κ2) is 6.70. The van der Waals surface area contributed by atoms with Crippen LogP contribution in [0.5, 0.6) is 0 Å². The Morgan fingerprint density at radius 3 is 2.40 bits per heavy atom. The van der Waals surface area contributed by atoms with Crippen LogP contribution in [0.1, 0.15) is 71.6 Å². The van der Waals surface area contributed by atoms with E-state index >= 15 is 0 Å². The molecule has 4 aliphatic heterocycles. The standard InChI is InChI=1S/C27H45N3/c1-26-6-5-23(27(26,2)17-29-13-18-3-4-19(7-18)14-29)15-30(16-26)25-22-9-20-8-21(10-22)12-28-24(25)11-20/h18-25,28H,3-17H2,1-2H3. The summed E-state index contributed by atoms with van der Waals surface area (Å²) >= 11 is 0. The van der Waals surface area contributed by atoms with E-state index in [1.807, 2.05) is 0 Å². The van der Waals surface area contributed by atoms with Gasteiger partial charge in [-0.1, -0.05) is 13.8 Å². The van der Waals surface area contributed by atoms with E-state index in [1.54, 1.807) is 12.8 Å². The average molecular weight is 412 g/mol. The van der Waals surface area contributed by atoms with Crippen molar-refractivity contribution in [2.75, 3.05) is 39.3 Å². The fourth-order valence-electron chi connectivity index (χ4n) is 10.5. The zero-order valence-electron chi connectivity index (χ0n) is 19.6. The van der Waals surface area contributed by atoms with E-state index in [0.717, 1.165) is 47.6 Å². The number of hydrogen-bond donors (Lipinski definition) is 1. The molecule has 8 fully saturated rings. The topological polar surface area (TPSA) is 18.5 Å². The maximum absolute atomic E-state index is 4.07. The monoisotopic (exact) mass is 411 g/mol. The number of rotatable bonds is 3. The Labute approximate surface area is 184 Å². The Bertz CT molecular complexity index is 674. The Morgan fingerprint density at radius 1 is 0.833 bits per heavy atom. The first-order valence-electron chi connectivity index (χ1n) is 13.7. The third kappa shape index (κ3) is 2.80. The largest absolute Gasteiger partial charge is 0.312 e. The molecule has 0 aromatic carbocycles. The van der Waals surface area contributed by atoms with Crippen LogP contribution in [0.3, 0.4) is 0 Å². The van der Waals surface area contributed by atoms with Crippen molar-refractivity contribution in [3.05, 3.63) is 0 Å². The van der Waals surface area contributed by atoms with Crippen molar-refractivity contribution < 1.29 is 0 Å². The molecular weight excluding hydrogens is 366 g/mol. The highest BCUT2D eigenvalue weighted by molar-refractivity contribution is 5.13. The molecule has 8 rings (SSSR count). The summed E-state index contributed by atoms with van der Waals surface area (Å²) in [5.74, 6) is 6.01. The molecule has 0 radical (unpaired) electrons. The van der Waals surface area contributed by atoms with Gasteiger partial charge in [0.1, 0.15) is 0 Å². The SMILES string of the molecule is CC12CCC(CN(C3C4CC5CNC3CC(C5)C4)C1)C2(C)CN1CC2CCC(C2)C1. The predicted molar refractivity (Wildman–Crippen MR) is 122 cm³/mol. The second-order valence-electron chi connectivity index (χ2n) is 13.8. The number of piperidine rings is 2. The molecule has 0 amide bonds. The van der Waals surface area contributed by atoms with E-state index in [2.05, 4.69) is 29.0 Å². The maximum Gasteiger partial charge on any atom is 0.0278 e. The molecule has 0 aromatic heterocycles. The van der Waals surface area contributed by atoms with Crippen molar-refractivity contribution in [3.8, 4) is 0 Å². The van der Waals surface area contributed by atoms with Crippen LogP contribution < -0.4 is 5.32 Å². The fraction of sp³-hybridized carbons (Fsp3) is 1.00. The molecule has 4 saturated carbocycles. The van der Waals surface area contributed by atoms with Crippen molar-refractivity contribution in [3.63, 3.8) is 0 Å². The summed E-state index contributed by atoms with van der Waals surface area (Å²) in [4.78, 5) is 6.00. The molecule has 10 atom stereocenters. The average Bonchev–Trinajstić information content (AvgIpc) is 2.95. The molecular formula is C27H45N3. The number of nitrogens with one attached hydrogen (secondary N) is 1. The van der Waals surface area contributed by atoms with Gasteiger partial charge in [-0.25, -0.2) is 0 Å². The first kappa shape index (κ1) is 19.4. The third-order valence-corrected chi connectivity index (χ3v) is 12.1. The highest BCUT2D eigenvalue weighted by Crippen LogP contribution is 2.61. The van der Waals surface area contributed by atoms with Gasteiger partial charge >= 0.3 is 0 Å². The molecule has 4 heterocycles. The number of nitrogens with zero attached hydrogens (tertiary/aromatic N) is 2. The van der Waals surface area contributed by atoms with Gasteiger partial charge in [0.2, 0.25) is 0 Å². The first-order valence-corrected chi connectivity index (χ1v) is 13.7. The molecule has 4 aliphatic carbocycles. The lowest BCUT2D eigenvalue weighted by Gasteiger charge is -2.58. The summed E-state index contributed by atoms with van der Waals surface area (Å²) in [7, 11) is 0. The minimum atomic E-state index is 0.524. The predicted octanol–water partition coefficient (Wildman–Crippen LogP) is 4.23. The molecule has 10 unspecified atom stereocenters. The normalized spacial score (nSPS) is 57.8. The van der Waals surface area contributed by atoms with Crippen molar-refractivity contribution in [1.29, 1.82) is 0 Å². The number of fused-ring (bicyclic) bond motifs is 5. The highest BCUT2D eigenvalue weighted by Gasteiger charge is 2.61. The summed E-state index contributed by atoms with van der Waals surface area (Å²) < 4.78 is 0. The molecule has 168 valence electrons. The van der Waals surface area contributed by atoms with Crippen LogP contribution in [0.15, 0.2) is 0 Å². The Kier molecular flexibility index (Phi) is 4.32. The van der Waals surface area contributed by atoms with Gasteiger partial charge in [0.05, 0.1) is 0 Å². The van der Waals surface area contributed by atoms with Gasteiger partial charge < -0.3 is 10.2 Å². The van der Waals surface area contributed by atoms with Gasteiger partial charge in [0, 0.05) is 44.8 Å². The molecule has 8 bridgehead atoms. The van der Waals surface area contributed by atoms with Gasteiger partial charge in [-0.2, -0.15) is 0 Å². The van der Waals surface area contributed by atoms with Gasteiger partial charge in [0.25, 0.3) is 0 Å². The highest BCUT2D eigenvalue weighted by atomic mass is 15.2. The lowest BCUT2D eigenvalue weighted by atomic mass is 9.59. The van der Waals surface area contributed by atoms with E-state index in [9.17, 15) is 0 Å². The fourth-order valence-corrected chi connectivity index (χ4v) is 10.5. The molecule has 30 heavy (non-hydrogen) atoms. The molecule has 8 aliphatic rings. The zero-order valence-corrected chi connectivity index (χ0v) is 19.6. The summed E-state index contributed by atoms with van der Waals surface area (Å²) in [6, 6.07) is 1.65. The summed E-state index contributed by atoms with van der Waals surface area (Å²) in [5.41, 5.74) is 1.06. The van der Waals surface area contributed by atoms with Crippen LogP contribution in [-0.2, 0) is 0 Å². The van der Waals surface area contributed by atoms with Gasteiger partial charge in [-0.3, -0.25) is 4.90 Å². The van der Waals surface area contributed by atoms with Crippen molar-refractivity contribution in [2.24, 2.45) is 46.3 Å². The Morgan fingerprint density at radius 2 is 1.60 bits per heavy atom. The van der Waals surface area contributed by atoms with Gasteiger partial charge in [-0.15, -0.1) is 0 Å². The van der Waals surface area contributed by atoms with E-state index < -0.39 is 0 Å². The minimum Gasteiger partial charge on any atom is -0.312 e. The van der Waals surface area contributed by atoms with Crippen LogP contribution in [-0.4, -0.2) is 61.2 Å². The van der Waals surface area contributed by atoms with E-state index in [4.69, 9.17) is 0 Å².